The number of carbonyl (C=O) groups is 1. The molecule has 1 amide bonds. The van der Waals surface area contributed by atoms with Gasteiger partial charge in [-0.3, -0.25) is 10.0 Å². The second-order valence-corrected chi connectivity index (χ2v) is 2.44. The highest BCUT2D eigenvalue weighted by Gasteiger charge is 2.09. The van der Waals surface area contributed by atoms with Gasteiger partial charge < -0.3 is 16.6 Å². The van der Waals surface area contributed by atoms with Crippen LogP contribution in [0.4, 0.5) is 11.4 Å². The summed E-state index contributed by atoms with van der Waals surface area (Å²) in [6, 6.07) is 2.41. The molecule has 0 aliphatic rings. The van der Waals surface area contributed by atoms with Crippen molar-refractivity contribution in [3.05, 3.63) is 17.7 Å². The minimum absolute atomic E-state index is 0.0152. The lowest BCUT2D eigenvalue weighted by molar-refractivity contribution is 0.0706. The minimum Gasteiger partial charge on any atom is -0.504 e. The Kier molecular flexibility index (Phi) is 2.25. The van der Waals surface area contributed by atoms with Gasteiger partial charge in [-0.2, -0.15) is 0 Å². The molecule has 0 saturated heterocycles. The fourth-order valence-corrected chi connectivity index (χ4v) is 0.876. The highest BCUT2D eigenvalue weighted by atomic mass is 16.5. The van der Waals surface area contributed by atoms with Gasteiger partial charge in [-0.05, 0) is 12.1 Å². The molecule has 0 radical (unpaired) electrons. The first-order valence-corrected chi connectivity index (χ1v) is 3.38. The van der Waals surface area contributed by atoms with Gasteiger partial charge in [0.15, 0.2) is 5.75 Å². The van der Waals surface area contributed by atoms with Crippen LogP contribution in [0.25, 0.3) is 0 Å². The van der Waals surface area contributed by atoms with Gasteiger partial charge in [0.25, 0.3) is 5.91 Å². The Hall–Kier alpha value is -1.95. The fourth-order valence-electron chi connectivity index (χ4n) is 0.876. The molecule has 0 atom stereocenters. The zero-order chi connectivity index (χ0) is 10.0. The number of anilines is 2. The normalized spacial score (nSPS) is 9.62. The molecule has 70 valence electrons. The van der Waals surface area contributed by atoms with Crippen LogP contribution in [0.2, 0.25) is 0 Å². The molecule has 0 aromatic heterocycles. The molecule has 0 aliphatic carbocycles. The molecule has 0 bridgehead atoms. The first-order chi connectivity index (χ1) is 6.06. The van der Waals surface area contributed by atoms with Gasteiger partial charge in [-0.25, -0.2) is 5.48 Å². The molecule has 1 aromatic rings. The Balaban J connectivity index is 3.20. The van der Waals surface area contributed by atoms with Crippen LogP contribution >= 0.6 is 0 Å². The van der Waals surface area contributed by atoms with E-state index in [1.54, 1.807) is 0 Å². The summed E-state index contributed by atoms with van der Waals surface area (Å²) in [5.74, 6) is -1.01. The monoisotopic (exact) mass is 183 g/mol. The van der Waals surface area contributed by atoms with Crippen molar-refractivity contribution in [2.45, 2.75) is 0 Å². The molecule has 0 fully saturated rings. The van der Waals surface area contributed by atoms with Gasteiger partial charge in [0.05, 0.1) is 11.4 Å². The zero-order valence-corrected chi connectivity index (χ0v) is 6.61. The largest absolute Gasteiger partial charge is 0.504 e. The lowest BCUT2D eigenvalue weighted by atomic mass is 10.1. The Labute approximate surface area is 73.7 Å². The molecule has 1 aromatic carbocycles. The van der Waals surface area contributed by atoms with Gasteiger partial charge >= 0.3 is 0 Å². The Morgan fingerprint density at radius 1 is 1.31 bits per heavy atom. The summed E-state index contributed by atoms with van der Waals surface area (Å²) in [5, 5.41) is 17.4. The molecule has 13 heavy (non-hydrogen) atoms. The van der Waals surface area contributed by atoms with Crippen LogP contribution in [0, 0.1) is 0 Å². The summed E-state index contributed by atoms with van der Waals surface area (Å²) in [7, 11) is 0. The maximum atomic E-state index is 10.9. The smallest absolute Gasteiger partial charge is 0.274 e. The number of hydroxylamine groups is 1. The van der Waals surface area contributed by atoms with Crippen LogP contribution in [-0.4, -0.2) is 16.2 Å². The molecule has 0 saturated carbocycles. The van der Waals surface area contributed by atoms with Crippen LogP contribution in [0.5, 0.6) is 5.75 Å². The van der Waals surface area contributed by atoms with Gasteiger partial charge in [0.1, 0.15) is 0 Å². The number of rotatable bonds is 1. The van der Waals surface area contributed by atoms with E-state index in [-0.39, 0.29) is 22.7 Å². The van der Waals surface area contributed by atoms with Crippen molar-refractivity contribution in [2.75, 3.05) is 11.5 Å². The summed E-state index contributed by atoms with van der Waals surface area (Å²) in [6.45, 7) is 0. The van der Waals surface area contributed by atoms with Crippen molar-refractivity contribution >= 4 is 17.3 Å². The Morgan fingerprint density at radius 2 is 1.77 bits per heavy atom. The van der Waals surface area contributed by atoms with Crippen molar-refractivity contribution in [2.24, 2.45) is 0 Å². The number of hydrogen-bond donors (Lipinski definition) is 5. The highest BCUT2D eigenvalue weighted by molar-refractivity contribution is 5.96. The quantitative estimate of drug-likeness (QED) is 0.177. The van der Waals surface area contributed by atoms with Crippen LogP contribution in [0.1, 0.15) is 10.4 Å². The molecule has 6 nitrogen and oxygen atoms in total. The molecule has 6 heteroatoms. The zero-order valence-electron chi connectivity index (χ0n) is 6.61. The number of phenolic OH excluding ortho intramolecular Hbond substituents is 1. The topological polar surface area (TPSA) is 122 Å². The maximum Gasteiger partial charge on any atom is 0.274 e. The summed E-state index contributed by atoms with van der Waals surface area (Å²) in [5.41, 5.74) is 12.1. The van der Waals surface area contributed by atoms with Crippen LogP contribution in [0.15, 0.2) is 12.1 Å². The summed E-state index contributed by atoms with van der Waals surface area (Å²) < 4.78 is 0. The number of hydrogen-bond acceptors (Lipinski definition) is 5. The van der Waals surface area contributed by atoms with Crippen LogP contribution < -0.4 is 16.9 Å². The van der Waals surface area contributed by atoms with Crippen molar-refractivity contribution in [3.63, 3.8) is 0 Å². The number of benzene rings is 1. The van der Waals surface area contributed by atoms with Crippen molar-refractivity contribution in [1.29, 1.82) is 0 Å². The van der Waals surface area contributed by atoms with Crippen molar-refractivity contribution < 1.29 is 15.1 Å². The lowest BCUT2D eigenvalue weighted by Crippen LogP contribution is -2.18. The van der Waals surface area contributed by atoms with Gasteiger partial charge in [0, 0.05) is 5.56 Å². The maximum absolute atomic E-state index is 10.9. The molecular formula is C7H9N3O3. The molecular weight excluding hydrogens is 174 g/mol. The average molecular weight is 183 g/mol. The number of nitrogens with two attached hydrogens (primary N) is 2. The minimum atomic E-state index is -0.738. The third-order valence-electron chi connectivity index (χ3n) is 1.53. The van der Waals surface area contributed by atoms with E-state index in [0.29, 0.717) is 0 Å². The second kappa shape index (κ2) is 3.20. The number of nitrogens with one attached hydrogen (secondary N) is 1. The number of amides is 1. The van der Waals surface area contributed by atoms with E-state index in [1.807, 2.05) is 0 Å². The lowest BCUT2D eigenvalue weighted by Gasteiger charge is -2.05. The van der Waals surface area contributed by atoms with E-state index in [4.69, 9.17) is 21.8 Å². The van der Waals surface area contributed by atoms with Crippen LogP contribution in [0.3, 0.4) is 0 Å². The van der Waals surface area contributed by atoms with E-state index < -0.39 is 5.91 Å². The summed E-state index contributed by atoms with van der Waals surface area (Å²) in [6.07, 6.45) is 0. The number of carbonyl (C=O) groups excluding carboxylic acids is 1. The standard InChI is InChI=1S/C7H9N3O3/c8-4-1-3(7(12)10-13)2-5(9)6(4)11/h1-2,11,13H,8-9H2,(H,10,12). The van der Waals surface area contributed by atoms with Gasteiger partial charge in [-0.15, -0.1) is 0 Å². The van der Waals surface area contributed by atoms with E-state index in [9.17, 15) is 4.79 Å². The molecule has 0 spiro atoms. The van der Waals surface area contributed by atoms with E-state index in [1.165, 1.54) is 17.6 Å². The fraction of sp³-hybridized carbons (Fsp3) is 0. The summed E-state index contributed by atoms with van der Waals surface area (Å²) in [4.78, 5) is 10.9. The van der Waals surface area contributed by atoms with Crippen LogP contribution in [-0.2, 0) is 0 Å². The number of phenols is 1. The molecule has 7 N–H and O–H groups in total. The Bertz CT molecular complexity index is 328. The Morgan fingerprint density at radius 3 is 2.15 bits per heavy atom. The summed E-state index contributed by atoms with van der Waals surface area (Å²) >= 11 is 0. The molecule has 1 rings (SSSR count). The van der Waals surface area contributed by atoms with Crippen molar-refractivity contribution in [1.82, 2.24) is 5.48 Å². The third-order valence-corrected chi connectivity index (χ3v) is 1.53. The predicted octanol–water partition coefficient (Wildman–Crippen LogP) is -0.324. The first kappa shape index (κ1) is 9.14. The van der Waals surface area contributed by atoms with Gasteiger partial charge in [-0.1, -0.05) is 0 Å². The second-order valence-electron chi connectivity index (χ2n) is 2.44. The number of aromatic hydroxyl groups is 1. The molecule has 0 unspecified atom stereocenters. The van der Waals surface area contributed by atoms with E-state index in [2.05, 4.69) is 0 Å². The highest BCUT2D eigenvalue weighted by Crippen LogP contribution is 2.28. The first-order valence-electron chi connectivity index (χ1n) is 3.38. The van der Waals surface area contributed by atoms with E-state index in [0.717, 1.165) is 0 Å². The third kappa shape index (κ3) is 1.62. The predicted molar refractivity (Wildman–Crippen MR) is 46.2 cm³/mol. The number of nitrogen functional groups attached to an aromatic ring is 2. The molecule has 0 heterocycles. The van der Waals surface area contributed by atoms with Gasteiger partial charge in [0.2, 0.25) is 0 Å². The molecule has 0 aliphatic heterocycles. The van der Waals surface area contributed by atoms with E-state index >= 15 is 0 Å². The average Bonchev–Trinajstić information content (AvgIpc) is 2.12. The SMILES string of the molecule is Nc1cc(C(=O)NO)cc(N)c1O. The van der Waals surface area contributed by atoms with Crippen molar-refractivity contribution in [3.8, 4) is 5.75 Å².